The first-order chi connectivity index (χ1) is 9.20. The molecule has 0 saturated carbocycles. The molecule has 0 aliphatic rings. The van der Waals surface area contributed by atoms with Gasteiger partial charge in [-0.1, -0.05) is 27.7 Å². The molecule has 2 amide bonds. The lowest BCUT2D eigenvalue weighted by molar-refractivity contribution is -0.149. The Morgan fingerprint density at radius 2 is 1.45 bits per heavy atom. The van der Waals surface area contributed by atoms with Crippen LogP contribution >= 0.6 is 0 Å². The Morgan fingerprint density at radius 1 is 0.950 bits per heavy atom. The summed E-state index contributed by atoms with van der Waals surface area (Å²) in [5.74, 6) is -1.28. The van der Waals surface area contributed by atoms with Crippen LogP contribution in [0.5, 0.6) is 0 Å². The molecule has 2 atom stereocenters. The first kappa shape index (κ1) is 18.4. The molecule has 0 unspecified atom stereocenters. The number of ether oxygens (including phenoxy) is 1. The molecule has 0 saturated heterocycles. The maximum absolute atomic E-state index is 12.2. The van der Waals surface area contributed by atoms with Crippen molar-refractivity contribution in [2.24, 2.45) is 11.8 Å². The summed E-state index contributed by atoms with van der Waals surface area (Å²) in [5.41, 5.74) is 0. The van der Waals surface area contributed by atoms with Crippen molar-refractivity contribution in [2.75, 3.05) is 6.61 Å². The fourth-order valence-corrected chi connectivity index (χ4v) is 1.73. The van der Waals surface area contributed by atoms with Crippen LogP contribution in [0.2, 0.25) is 0 Å². The summed E-state index contributed by atoms with van der Waals surface area (Å²) in [7, 11) is 0. The van der Waals surface area contributed by atoms with Crippen molar-refractivity contribution in [2.45, 2.75) is 53.6 Å². The van der Waals surface area contributed by atoms with Crippen LogP contribution in [-0.4, -0.2) is 36.5 Å². The maximum atomic E-state index is 12.2. The van der Waals surface area contributed by atoms with Crippen LogP contribution in [0, 0.1) is 11.8 Å². The normalized spacial score (nSPS) is 13.8. The number of carbonyl (C=O) groups excluding carboxylic acids is 3. The van der Waals surface area contributed by atoms with E-state index in [4.69, 9.17) is 4.74 Å². The first-order valence-corrected chi connectivity index (χ1v) is 6.94. The van der Waals surface area contributed by atoms with Gasteiger partial charge in [0, 0.05) is 6.92 Å². The summed E-state index contributed by atoms with van der Waals surface area (Å²) in [6.07, 6.45) is 0. The molecule has 0 heterocycles. The highest BCUT2D eigenvalue weighted by atomic mass is 16.5. The maximum Gasteiger partial charge on any atom is 0.328 e. The average Bonchev–Trinajstić information content (AvgIpc) is 2.31. The van der Waals surface area contributed by atoms with E-state index in [1.54, 1.807) is 6.92 Å². The van der Waals surface area contributed by atoms with Crippen LogP contribution in [-0.2, 0) is 19.1 Å². The van der Waals surface area contributed by atoms with E-state index in [0.29, 0.717) is 0 Å². The van der Waals surface area contributed by atoms with E-state index in [9.17, 15) is 14.4 Å². The van der Waals surface area contributed by atoms with Gasteiger partial charge in [-0.05, 0) is 18.8 Å². The summed E-state index contributed by atoms with van der Waals surface area (Å²) >= 11 is 0. The van der Waals surface area contributed by atoms with Gasteiger partial charge in [0.25, 0.3) is 0 Å². The molecule has 6 nitrogen and oxygen atoms in total. The van der Waals surface area contributed by atoms with Gasteiger partial charge in [-0.2, -0.15) is 0 Å². The van der Waals surface area contributed by atoms with E-state index < -0.39 is 18.1 Å². The largest absolute Gasteiger partial charge is 0.464 e. The average molecular weight is 286 g/mol. The van der Waals surface area contributed by atoms with Gasteiger partial charge in [-0.15, -0.1) is 0 Å². The molecule has 0 aromatic heterocycles. The highest BCUT2D eigenvalue weighted by Gasteiger charge is 2.30. The molecule has 0 aromatic rings. The van der Waals surface area contributed by atoms with Gasteiger partial charge in [0.1, 0.15) is 12.1 Å². The highest BCUT2D eigenvalue weighted by Crippen LogP contribution is 2.07. The SMILES string of the molecule is CCOC(=O)[C@H](NC(=O)[C@H](NC(C)=O)C(C)C)C(C)C. The van der Waals surface area contributed by atoms with Gasteiger partial charge in [0.05, 0.1) is 6.61 Å². The topological polar surface area (TPSA) is 84.5 Å². The molecule has 0 rings (SSSR count). The van der Waals surface area contributed by atoms with Gasteiger partial charge in [0.2, 0.25) is 11.8 Å². The van der Waals surface area contributed by atoms with Crippen molar-refractivity contribution < 1.29 is 19.1 Å². The van der Waals surface area contributed by atoms with E-state index >= 15 is 0 Å². The molecular formula is C14H26N2O4. The minimum atomic E-state index is -0.711. The zero-order chi connectivity index (χ0) is 15.9. The van der Waals surface area contributed by atoms with Crippen LogP contribution in [0.3, 0.4) is 0 Å². The third-order valence-electron chi connectivity index (χ3n) is 2.81. The minimum Gasteiger partial charge on any atom is -0.464 e. The van der Waals surface area contributed by atoms with Crippen LogP contribution in [0.4, 0.5) is 0 Å². The molecule has 0 aromatic carbocycles. The number of hydrogen-bond acceptors (Lipinski definition) is 4. The Labute approximate surface area is 120 Å². The smallest absolute Gasteiger partial charge is 0.328 e. The van der Waals surface area contributed by atoms with Crippen molar-refractivity contribution in [3.05, 3.63) is 0 Å². The minimum absolute atomic E-state index is 0.0751. The van der Waals surface area contributed by atoms with Crippen molar-refractivity contribution in [1.82, 2.24) is 10.6 Å². The molecule has 2 N–H and O–H groups in total. The van der Waals surface area contributed by atoms with Crippen molar-refractivity contribution in [3.8, 4) is 0 Å². The zero-order valence-corrected chi connectivity index (χ0v) is 13.1. The third-order valence-corrected chi connectivity index (χ3v) is 2.81. The van der Waals surface area contributed by atoms with Crippen LogP contribution < -0.4 is 10.6 Å². The quantitative estimate of drug-likeness (QED) is 0.680. The predicted molar refractivity (Wildman–Crippen MR) is 75.8 cm³/mol. The van der Waals surface area contributed by atoms with Crippen molar-refractivity contribution >= 4 is 17.8 Å². The second-order valence-corrected chi connectivity index (χ2v) is 5.40. The number of carbonyl (C=O) groups is 3. The lowest BCUT2D eigenvalue weighted by atomic mass is 10.0. The van der Waals surface area contributed by atoms with Gasteiger partial charge >= 0.3 is 5.97 Å². The molecule has 116 valence electrons. The molecule has 20 heavy (non-hydrogen) atoms. The molecule has 0 fully saturated rings. The number of amides is 2. The standard InChI is InChI=1S/C14H26N2O4/c1-7-20-14(19)12(9(4)5)16-13(18)11(8(2)3)15-10(6)17/h8-9,11-12H,7H2,1-6H3,(H,15,17)(H,16,18)/t11-,12-/m1/s1. The fraction of sp³-hybridized carbons (Fsp3) is 0.786. The van der Waals surface area contributed by atoms with E-state index in [1.807, 2.05) is 27.7 Å². The molecule has 0 bridgehead atoms. The Morgan fingerprint density at radius 3 is 1.80 bits per heavy atom. The monoisotopic (exact) mass is 286 g/mol. The fourth-order valence-electron chi connectivity index (χ4n) is 1.73. The Kier molecular flexibility index (Phi) is 7.87. The van der Waals surface area contributed by atoms with Gasteiger partial charge in [0.15, 0.2) is 0 Å². The lowest BCUT2D eigenvalue weighted by Gasteiger charge is -2.26. The molecular weight excluding hydrogens is 260 g/mol. The second-order valence-electron chi connectivity index (χ2n) is 5.40. The van der Waals surface area contributed by atoms with E-state index in [1.165, 1.54) is 6.92 Å². The van der Waals surface area contributed by atoms with Crippen LogP contribution in [0.1, 0.15) is 41.5 Å². The van der Waals surface area contributed by atoms with Gasteiger partial charge in [-0.25, -0.2) is 4.79 Å². The van der Waals surface area contributed by atoms with E-state index in [-0.39, 0.29) is 30.3 Å². The molecule has 0 spiro atoms. The number of rotatable bonds is 7. The van der Waals surface area contributed by atoms with Crippen molar-refractivity contribution in [1.29, 1.82) is 0 Å². The Hall–Kier alpha value is -1.59. The number of hydrogen-bond donors (Lipinski definition) is 2. The van der Waals surface area contributed by atoms with Crippen LogP contribution in [0.15, 0.2) is 0 Å². The first-order valence-electron chi connectivity index (χ1n) is 6.94. The van der Waals surface area contributed by atoms with Gasteiger partial charge < -0.3 is 15.4 Å². The zero-order valence-electron chi connectivity index (χ0n) is 13.1. The molecule has 0 radical (unpaired) electrons. The number of nitrogens with one attached hydrogen (secondary N) is 2. The highest BCUT2D eigenvalue weighted by molar-refractivity contribution is 5.90. The van der Waals surface area contributed by atoms with Crippen LogP contribution in [0.25, 0.3) is 0 Å². The van der Waals surface area contributed by atoms with E-state index in [0.717, 1.165) is 0 Å². The summed E-state index contributed by atoms with van der Waals surface area (Å²) in [6.45, 7) is 10.6. The summed E-state index contributed by atoms with van der Waals surface area (Å²) < 4.78 is 4.95. The summed E-state index contributed by atoms with van der Waals surface area (Å²) in [5, 5.41) is 5.25. The Balaban J connectivity index is 4.87. The van der Waals surface area contributed by atoms with Crippen molar-refractivity contribution in [3.63, 3.8) is 0 Å². The van der Waals surface area contributed by atoms with E-state index in [2.05, 4.69) is 10.6 Å². The van der Waals surface area contributed by atoms with Gasteiger partial charge in [-0.3, -0.25) is 9.59 Å². The predicted octanol–water partition coefficient (Wildman–Crippen LogP) is 0.851. The molecule has 0 aliphatic carbocycles. The molecule has 0 aliphatic heterocycles. The second kappa shape index (κ2) is 8.55. The summed E-state index contributed by atoms with van der Waals surface area (Å²) in [4.78, 5) is 35.2. The Bertz CT molecular complexity index is 353. The third kappa shape index (κ3) is 6.04. The lowest BCUT2D eigenvalue weighted by Crippen LogP contribution is -2.54. The summed E-state index contributed by atoms with van der Waals surface area (Å²) in [6, 6.07) is -1.37. The molecule has 6 heteroatoms. The number of esters is 1.